The number of hydrogen-bond donors (Lipinski definition) is 2. The lowest BCUT2D eigenvalue weighted by atomic mass is 9.95. The van der Waals surface area contributed by atoms with Crippen molar-refractivity contribution in [2.75, 3.05) is 27.3 Å². The second kappa shape index (κ2) is 7.97. The molecule has 0 saturated carbocycles. The van der Waals surface area contributed by atoms with E-state index >= 15 is 0 Å². The summed E-state index contributed by atoms with van der Waals surface area (Å²) in [6, 6.07) is 17.3. The Kier molecular flexibility index (Phi) is 5.22. The second-order valence-corrected chi connectivity index (χ2v) is 7.13. The standard InChI is InChI=1S/C22H24N4O3/c1-28-20-9-8-15(10-21(20)29-2)18-11-19(25-24-18)22(27)26-12-16(17(23)13-26)14-6-4-3-5-7-14/h3-11,16-17H,12-13,23H2,1-2H3,(H,24,25)/t16-,17+/m0/s1. The van der Waals surface area contributed by atoms with E-state index in [4.69, 9.17) is 15.2 Å². The number of benzene rings is 2. The summed E-state index contributed by atoms with van der Waals surface area (Å²) in [5.41, 5.74) is 9.42. The lowest BCUT2D eigenvalue weighted by molar-refractivity contribution is 0.0783. The number of likely N-dealkylation sites (tertiary alicyclic amines) is 1. The normalized spacial score (nSPS) is 18.7. The maximum Gasteiger partial charge on any atom is 0.271 e. The molecule has 4 rings (SSSR count). The highest BCUT2D eigenvalue weighted by atomic mass is 16.5. The average molecular weight is 392 g/mol. The van der Waals surface area contributed by atoms with Crippen molar-refractivity contribution in [1.82, 2.24) is 15.1 Å². The van der Waals surface area contributed by atoms with Gasteiger partial charge in [-0.15, -0.1) is 0 Å². The Hall–Kier alpha value is -3.32. The number of aromatic nitrogens is 2. The number of ether oxygens (including phenoxy) is 2. The SMILES string of the molecule is COc1ccc(-c2cc(C(=O)N3C[C@@H](N)[C@H](c4ccccc4)C3)[nH]n2)cc1OC. The number of amides is 1. The number of nitrogens with zero attached hydrogens (tertiary/aromatic N) is 2. The molecule has 1 aromatic heterocycles. The van der Waals surface area contributed by atoms with Crippen molar-refractivity contribution in [2.24, 2.45) is 5.73 Å². The highest BCUT2D eigenvalue weighted by Gasteiger charge is 2.34. The minimum atomic E-state index is -0.0990. The monoisotopic (exact) mass is 392 g/mol. The number of rotatable bonds is 5. The predicted molar refractivity (Wildman–Crippen MR) is 110 cm³/mol. The van der Waals surface area contributed by atoms with E-state index in [1.165, 1.54) is 0 Å². The quantitative estimate of drug-likeness (QED) is 0.696. The largest absolute Gasteiger partial charge is 0.493 e. The van der Waals surface area contributed by atoms with E-state index in [0.29, 0.717) is 36.0 Å². The highest BCUT2D eigenvalue weighted by Crippen LogP contribution is 2.32. The molecule has 2 heterocycles. The number of carbonyl (C=O) groups excluding carboxylic acids is 1. The number of hydrogen-bond acceptors (Lipinski definition) is 5. The molecule has 1 aliphatic rings. The maximum atomic E-state index is 13.0. The third-order valence-electron chi connectivity index (χ3n) is 5.37. The van der Waals surface area contributed by atoms with Gasteiger partial charge >= 0.3 is 0 Å². The summed E-state index contributed by atoms with van der Waals surface area (Å²) < 4.78 is 10.6. The average Bonchev–Trinajstić information content (AvgIpc) is 3.40. The first kappa shape index (κ1) is 19.0. The van der Waals surface area contributed by atoms with Gasteiger partial charge < -0.3 is 20.1 Å². The molecule has 0 bridgehead atoms. The molecule has 0 radical (unpaired) electrons. The Balaban J connectivity index is 1.52. The lowest BCUT2D eigenvalue weighted by Gasteiger charge is -2.15. The third-order valence-corrected chi connectivity index (χ3v) is 5.37. The second-order valence-electron chi connectivity index (χ2n) is 7.13. The maximum absolute atomic E-state index is 13.0. The zero-order chi connectivity index (χ0) is 20.4. The predicted octanol–water partition coefficient (Wildman–Crippen LogP) is 2.66. The van der Waals surface area contributed by atoms with Gasteiger partial charge in [-0.25, -0.2) is 0 Å². The minimum absolute atomic E-state index is 0.0883. The molecule has 2 atom stereocenters. The Labute approximate surface area is 169 Å². The molecule has 1 aliphatic heterocycles. The molecule has 7 nitrogen and oxygen atoms in total. The molecule has 0 aliphatic carbocycles. The van der Waals surface area contributed by atoms with Crippen LogP contribution in [0.4, 0.5) is 0 Å². The number of H-pyrrole nitrogens is 1. The van der Waals surface area contributed by atoms with Crippen molar-refractivity contribution < 1.29 is 14.3 Å². The molecule has 3 N–H and O–H groups in total. The summed E-state index contributed by atoms with van der Waals surface area (Å²) in [5, 5.41) is 7.17. The first-order valence-corrected chi connectivity index (χ1v) is 9.48. The van der Waals surface area contributed by atoms with Gasteiger partial charge in [-0.1, -0.05) is 30.3 Å². The highest BCUT2D eigenvalue weighted by molar-refractivity contribution is 5.93. The summed E-state index contributed by atoms with van der Waals surface area (Å²) in [6.45, 7) is 1.11. The molecule has 2 aromatic carbocycles. The number of methoxy groups -OCH3 is 2. The van der Waals surface area contributed by atoms with Crippen LogP contribution in [-0.4, -0.2) is 54.4 Å². The van der Waals surface area contributed by atoms with E-state index in [-0.39, 0.29) is 17.9 Å². The van der Waals surface area contributed by atoms with Gasteiger partial charge in [0.15, 0.2) is 11.5 Å². The van der Waals surface area contributed by atoms with Crippen LogP contribution in [0.3, 0.4) is 0 Å². The fraction of sp³-hybridized carbons (Fsp3) is 0.273. The van der Waals surface area contributed by atoms with E-state index in [9.17, 15) is 4.79 Å². The van der Waals surface area contributed by atoms with Gasteiger partial charge in [0.25, 0.3) is 5.91 Å². The molecule has 0 unspecified atom stereocenters. The van der Waals surface area contributed by atoms with Gasteiger partial charge in [-0.2, -0.15) is 5.10 Å². The molecule has 1 amide bonds. The molecular weight excluding hydrogens is 368 g/mol. The summed E-state index contributed by atoms with van der Waals surface area (Å²) in [6.07, 6.45) is 0. The van der Waals surface area contributed by atoms with Crippen LogP contribution in [0, 0.1) is 0 Å². The number of carbonyl (C=O) groups is 1. The van der Waals surface area contributed by atoms with E-state index in [0.717, 1.165) is 11.1 Å². The summed E-state index contributed by atoms with van der Waals surface area (Å²) >= 11 is 0. The van der Waals surface area contributed by atoms with Gasteiger partial charge in [0.05, 0.1) is 19.9 Å². The van der Waals surface area contributed by atoms with Crippen LogP contribution >= 0.6 is 0 Å². The summed E-state index contributed by atoms with van der Waals surface area (Å²) in [7, 11) is 3.17. The van der Waals surface area contributed by atoms with Crippen LogP contribution in [0.15, 0.2) is 54.6 Å². The smallest absolute Gasteiger partial charge is 0.271 e. The zero-order valence-corrected chi connectivity index (χ0v) is 16.5. The van der Waals surface area contributed by atoms with Gasteiger partial charge in [0.2, 0.25) is 0 Å². The van der Waals surface area contributed by atoms with Crippen LogP contribution in [0.25, 0.3) is 11.3 Å². The van der Waals surface area contributed by atoms with Gasteiger partial charge in [-0.3, -0.25) is 9.89 Å². The van der Waals surface area contributed by atoms with Crippen molar-refractivity contribution in [1.29, 1.82) is 0 Å². The van der Waals surface area contributed by atoms with Gasteiger partial charge in [0, 0.05) is 30.6 Å². The molecule has 3 aromatic rings. The Morgan fingerprint density at radius 2 is 1.83 bits per heavy atom. The molecule has 7 heteroatoms. The van der Waals surface area contributed by atoms with Crippen molar-refractivity contribution >= 4 is 5.91 Å². The molecule has 150 valence electrons. The fourth-order valence-corrected chi connectivity index (χ4v) is 3.79. The van der Waals surface area contributed by atoms with Gasteiger partial charge in [0.1, 0.15) is 5.69 Å². The number of nitrogens with one attached hydrogen (secondary N) is 1. The minimum Gasteiger partial charge on any atom is -0.493 e. The van der Waals surface area contributed by atoms with Crippen LogP contribution in [0.1, 0.15) is 22.0 Å². The Morgan fingerprint density at radius 3 is 2.55 bits per heavy atom. The molecule has 0 spiro atoms. The van der Waals surface area contributed by atoms with Crippen molar-refractivity contribution in [3.63, 3.8) is 0 Å². The lowest BCUT2D eigenvalue weighted by Crippen LogP contribution is -2.32. The Bertz CT molecular complexity index is 1000. The number of aromatic amines is 1. The van der Waals surface area contributed by atoms with E-state index in [2.05, 4.69) is 22.3 Å². The molecule has 1 fully saturated rings. The molecule has 29 heavy (non-hydrogen) atoms. The van der Waals surface area contributed by atoms with E-state index in [1.54, 1.807) is 25.2 Å². The zero-order valence-electron chi connectivity index (χ0n) is 16.5. The molecular formula is C22H24N4O3. The third kappa shape index (κ3) is 3.69. The van der Waals surface area contributed by atoms with Crippen molar-refractivity contribution in [3.05, 3.63) is 65.9 Å². The van der Waals surface area contributed by atoms with E-state index in [1.807, 2.05) is 36.4 Å². The topological polar surface area (TPSA) is 93.5 Å². The van der Waals surface area contributed by atoms with Crippen molar-refractivity contribution in [3.8, 4) is 22.8 Å². The van der Waals surface area contributed by atoms with Crippen LogP contribution < -0.4 is 15.2 Å². The van der Waals surface area contributed by atoms with Crippen LogP contribution in [-0.2, 0) is 0 Å². The van der Waals surface area contributed by atoms with Gasteiger partial charge in [-0.05, 0) is 29.8 Å². The number of nitrogens with two attached hydrogens (primary N) is 1. The summed E-state index contributed by atoms with van der Waals surface area (Å²) in [5.74, 6) is 1.28. The van der Waals surface area contributed by atoms with Crippen molar-refractivity contribution in [2.45, 2.75) is 12.0 Å². The fourth-order valence-electron chi connectivity index (χ4n) is 3.79. The first-order chi connectivity index (χ1) is 14.1. The summed E-state index contributed by atoms with van der Waals surface area (Å²) in [4.78, 5) is 14.8. The molecule has 1 saturated heterocycles. The first-order valence-electron chi connectivity index (χ1n) is 9.48. The van der Waals surface area contributed by atoms with E-state index < -0.39 is 0 Å². The Morgan fingerprint density at radius 1 is 1.07 bits per heavy atom. The van der Waals surface area contributed by atoms with Crippen LogP contribution in [0.2, 0.25) is 0 Å². The van der Waals surface area contributed by atoms with Crippen LogP contribution in [0.5, 0.6) is 11.5 Å².